The maximum Gasteiger partial charge on any atom is 0.314 e. The van der Waals surface area contributed by atoms with Crippen molar-refractivity contribution < 1.29 is 18.9 Å². The van der Waals surface area contributed by atoms with Crippen molar-refractivity contribution in [3.05, 3.63) is 0 Å². The van der Waals surface area contributed by atoms with Crippen molar-refractivity contribution in [2.24, 2.45) is 16.8 Å². The molecule has 0 aromatic rings. The van der Waals surface area contributed by atoms with Gasteiger partial charge in [-0.2, -0.15) is 4.58 Å². The zero-order valence-electron chi connectivity index (χ0n) is 11.4. The molecule has 0 aromatic carbocycles. The minimum atomic E-state index is -0.0766. The van der Waals surface area contributed by atoms with E-state index in [9.17, 15) is 9.59 Å². The zero-order chi connectivity index (χ0) is 13.7. The van der Waals surface area contributed by atoms with E-state index < -0.39 is 0 Å². The molecule has 0 radical (unpaired) electrons. The lowest BCUT2D eigenvalue weighted by molar-refractivity contribution is -0.326. The van der Waals surface area contributed by atoms with Crippen LogP contribution >= 0.6 is 0 Å². The third-order valence-corrected chi connectivity index (χ3v) is 3.81. The lowest BCUT2D eigenvalue weighted by Gasteiger charge is -2.26. The van der Waals surface area contributed by atoms with Crippen LogP contribution in [0.4, 0.5) is 0 Å². The summed E-state index contributed by atoms with van der Waals surface area (Å²) in [6, 6.07) is 0. The largest absolute Gasteiger partial charge is 0.466 e. The molecule has 1 aliphatic carbocycles. The predicted molar refractivity (Wildman–Crippen MR) is 71.4 cm³/mol. The monoisotopic (exact) mass is 265 g/mol. The number of rotatable bonds is 4. The highest BCUT2D eigenvalue weighted by molar-refractivity contribution is 5.83. The van der Waals surface area contributed by atoms with E-state index in [4.69, 9.17) is 4.74 Å². The molecule has 2 rings (SSSR count). The number of hydrogen-bond donors (Lipinski definition) is 0. The normalized spacial score (nSPS) is 26.1. The molecule has 0 N–H and O–H groups in total. The van der Waals surface area contributed by atoms with E-state index in [0.29, 0.717) is 25.5 Å². The predicted octanol–water partition coefficient (Wildman–Crippen LogP) is 1.40. The van der Waals surface area contributed by atoms with E-state index in [-0.39, 0.29) is 17.8 Å². The van der Waals surface area contributed by atoms with Crippen molar-refractivity contribution in [2.75, 3.05) is 13.2 Å². The van der Waals surface area contributed by atoms with E-state index >= 15 is 0 Å². The van der Waals surface area contributed by atoms with Gasteiger partial charge in [-0.1, -0.05) is 4.99 Å². The minimum absolute atomic E-state index is 0.0335. The fraction of sp³-hybridized carbons (Fsp3) is 0.714. The number of nitrogens with zero attached hydrogens (tertiary/aromatic N) is 2. The van der Waals surface area contributed by atoms with Gasteiger partial charge in [-0.3, -0.25) is 4.79 Å². The van der Waals surface area contributed by atoms with Gasteiger partial charge in [0.1, 0.15) is 6.21 Å². The summed E-state index contributed by atoms with van der Waals surface area (Å²) in [7, 11) is 0. The van der Waals surface area contributed by atoms with Crippen LogP contribution in [0, 0.1) is 11.8 Å². The molecule has 19 heavy (non-hydrogen) atoms. The Morgan fingerprint density at radius 2 is 2.05 bits per heavy atom. The maximum atomic E-state index is 11.9. The van der Waals surface area contributed by atoms with Crippen LogP contribution < -0.4 is 0 Å². The Balaban J connectivity index is 1.75. The highest BCUT2D eigenvalue weighted by Gasteiger charge is 2.29. The van der Waals surface area contributed by atoms with Gasteiger partial charge >= 0.3 is 11.9 Å². The second-order valence-corrected chi connectivity index (χ2v) is 5.14. The molecule has 1 heterocycles. The molecule has 0 saturated heterocycles. The lowest BCUT2D eigenvalue weighted by Crippen LogP contribution is -2.27. The number of amides is 1. The maximum absolute atomic E-state index is 11.9. The van der Waals surface area contributed by atoms with E-state index in [1.54, 1.807) is 17.1 Å². The van der Waals surface area contributed by atoms with E-state index in [1.165, 1.54) is 0 Å². The van der Waals surface area contributed by atoms with Gasteiger partial charge in [0.15, 0.2) is 6.54 Å². The molecule has 2 aliphatic rings. The number of aliphatic imine (C=N–C) groups is 1. The summed E-state index contributed by atoms with van der Waals surface area (Å²) in [5, 5.41) is 0. The standard InChI is InChI=1S/C14H21N2O3/c1-2-19-14(18)12-5-3-11(4-6-12)9-13(17)16-8-7-15-10-16/h8,10-12H,2-7,9H2,1H3/q+1. The number of esters is 1. The van der Waals surface area contributed by atoms with Crippen LogP contribution in [0.1, 0.15) is 39.0 Å². The molecule has 0 spiro atoms. The average molecular weight is 265 g/mol. The molecule has 1 aliphatic heterocycles. The highest BCUT2D eigenvalue weighted by atomic mass is 16.5. The smallest absolute Gasteiger partial charge is 0.314 e. The van der Waals surface area contributed by atoms with Gasteiger partial charge in [0.2, 0.25) is 0 Å². The Labute approximate surface area is 113 Å². The summed E-state index contributed by atoms with van der Waals surface area (Å²) in [5.74, 6) is 0.458. The number of carbonyl (C=O) groups is 2. The molecular formula is C14H21N2O3+. The summed E-state index contributed by atoms with van der Waals surface area (Å²) in [6.45, 7) is 2.87. The molecule has 0 bridgehead atoms. The summed E-state index contributed by atoms with van der Waals surface area (Å²) >= 11 is 0. The van der Waals surface area contributed by atoms with Gasteiger partial charge in [-0.25, -0.2) is 4.79 Å². The molecule has 5 heteroatoms. The van der Waals surface area contributed by atoms with Crippen molar-refractivity contribution in [3.8, 4) is 0 Å². The third kappa shape index (κ3) is 3.72. The van der Waals surface area contributed by atoms with Crippen molar-refractivity contribution in [1.82, 2.24) is 0 Å². The summed E-state index contributed by atoms with van der Waals surface area (Å²) in [5.41, 5.74) is 0. The van der Waals surface area contributed by atoms with Gasteiger partial charge in [-0.05, 0) is 38.5 Å². The molecule has 0 aromatic heterocycles. The van der Waals surface area contributed by atoms with E-state index in [0.717, 1.165) is 25.7 Å². The second kappa shape index (κ2) is 6.59. The Hall–Kier alpha value is -1.52. The average Bonchev–Trinajstić information content (AvgIpc) is 2.94. The fourth-order valence-corrected chi connectivity index (χ4v) is 2.70. The van der Waals surface area contributed by atoms with Gasteiger partial charge in [0.25, 0.3) is 6.34 Å². The second-order valence-electron chi connectivity index (χ2n) is 5.14. The molecule has 5 nitrogen and oxygen atoms in total. The van der Waals surface area contributed by atoms with E-state index in [1.807, 2.05) is 6.92 Å². The van der Waals surface area contributed by atoms with Crippen LogP contribution in [0.3, 0.4) is 0 Å². The third-order valence-electron chi connectivity index (χ3n) is 3.81. The van der Waals surface area contributed by atoms with Crippen LogP contribution in [-0.2, 0) is 14.3 Å². The van der Waals surface area contributed by atoms with Crippen LogP contribution in [0.25, 0.3) is 0 Å². The zero-order valence-corrected chi connectivity index (χ0v) is 11.4. The Bertz CT molecular complexity index is 407. The van der Waals surface area contributed by atoms with Crippen molar-refractivity contribution in [1.29, 1.82) is 0 Å². The number of carbonyl (C=O) groups excluding carboxylic acids is 2. The molecule has 1 fully saturated rings. The van der Waals surface area contributed by atoms with Crippen molar-refractivity contribution in [2.45, 2.75) is 39.0 Å². The van der Waals surface area contributed by atoms with Crippen LogP contribution in [0.5, 0.6) is 0 Å². The molecule has 0 atom stereocenters. The molecule has 1 amide bonds. The Morgan fingerprint density at radius 3 is 2.63 bits per heavy atom. The van der Waals surface area contributed by atoms with Gasteiger partial charge in [0.05, 0.1) is 18.9 Å². The summed E-state index contributed by atoms with van der Waals surface area (Å²) in [6.07, 6.45) is 7.49. The quantitative estimate of drug-likeness (QED) is 0.570. The Morgan fingerprint density at radius 1 is 1.32 bits per heavy atom. The van der Waals surface area contributed by atoms with E-state index in [2.05, 4.69) is 4.99 Å². The first kappa shape index (κ1) is 13.9. The van der Waals surface area contributed by atoms with Gasteiger partial charge in [0, 0.05) is 0 Å². The summed E-state index contributed by atoms with van der Waals surface area (Å²) < 4.78 is 6.62. The van der Waals surface area contributed by atoms with Crippen LogP contribution in [-0.4, -0.2) is 42.2 Å². The van der Waals surface area contributed by atoms with Crippen molar-refractivity contribution in [3.63, 3.8) is 0 Å². The topological polar surface area (TPSA) is 58.7 Å². The first-order valence-electron chi connectivity index (χ1n) is 7.01. The molecular weight excluding hydrogens is 244 g/mol. The molecule has 104 valence electrons. The number of hydrogen-bond acceptors (Lipinski definition) is 4. The highest BCUT2D eigenvalue weighted by Crippen LogP contribution is 2.31. The van der Waals surface area contributed by atoms with Crippen LogP contribution in [0.2, 0.25) is 0 Å². The summed E-state index contributed by atoms with van der Waals surface area (Å²) in [4.78, 5) is 27.6. The lowest BCUT2D eigenvalue weighted by atomic mass is 9.80. The first-order chi connectivity index (χ1) is 9.20. The van der Waals surface area contributed by atoms with Gasteiger partial charge < -0.3 is 4.74 Å². The first-order valence-corrected chi connectivity index (χ1v) is 7.01. The molecule has 1 saturated carbocycles. The number of ether oxygens (including phenoxy) is 1. The molecule has 0 unspecified atom stereocenters. The minimum Gasteiger partial charge on any atom is -0.466 e. The van der Waals surface area contributed by atoms with Crippen LogP contribution in [0.15, 0.2) is 4.99 Å². The SMILES string of the molecule is CCOC(=O)C1CCC(CC(=O)[N+]2=CCN=C2)CC1. The fourth-order valence-electron chi connectivity index (χ4n) is 2.70. The Kier molecular flexibility index (Phi) is 4.82. The van der Waals surface area contributed by atoms with Gasteiger partial charge in [-0.15, -0.1) is 0 Å². The van der Waals surface area contributed by atoms with Crippen molar-refractivity contribution >= 4 is 24.4 Å².